The summed E-state index contributed by atoms with van der Waals surface area (Å²) in [5.41, 5.74) is 1.29. The number of halogens is 2. The highest BCUT2D eigenvalue weighted by Crippen LogP contribution is 2.17. The van der Waals surface area contributed by atoms with Crippen LogP contribution in [-0.2, 0) is 0 Å². The lowest BCUT2D eigenvalue weighted by Crippen LogP contribution is -2.15. The van der Waals surface area contributed by atoms with E-state index in [0.717, 1.165) is 6.20 Å². The molecule has 0 atom stereocenters. The van der Waals surface area contributed by atoms with Crippen molar-refractivity contribution in [1.29, 1.82) is 0 Å². The third-order valence-corrected chi connectivity index (χ3v) is 2.97. The number of aromatic nitrogens is 1. The van der Waals surface area contributed by atoms with Crippen molar-refractivity contribution >= 4 is 5.52 Å². The first-order valence-corrected chi connectivity index (χ1v) is 5.72. The molecule has 94 valence electrons. The molecule has 3 aromatic rings. The summed E-state index contributed by atoms with van der Waals surface area (Å²) in [6.07, 6.45) is 1.14. The Morgan fingerprint density at radius 3 is 2.16 bits per heavy atom. The van der Waals surface area contributed by atoms with Crippen molar-refractivity contribution in [2.75, 3.05) is 0 Å². The predicted octanol–water partition coefficient (Wildman–Crippen LogP) is 3.24. The number of pyridine rings is 2. The zero-order valence-corrected chi connectivity index (χ0v) is 9.81. The molecule has 19 heavy (non-hydrogen) atoms. The van der Waals surface area contributed by atoms with Crippen LogP contribution in [0.2, 0.25) is 0 Å². The summed E-state index contributed by atoms with van der Waals surface area (Å²) in [5, 5.41) is 0. The van der Waals surface area contributed by atoms with Gasteiger partial charge in [0, 0.05) is 17.3 Å². The van der Waals surface area contributed by atoms with Crippen molar-refractivity contribution in [3.8, 4) is 11.1 Å². The molecule has 0 aliphatic carbocycles. The van der Waals surface area contributed by atoms with Gasteiger partial charge in [-0.1, -0.05) is 12.1 Å². The van der Waals surface area contributed by atoms with Gasteiger partial charge in [-0.25, -0.2) is 8.78 Å². The normalized spacial score (nSPS) is 10.8. The summed E-state index contributed by atoms with van der Waals surface area (Å²) in [4.78, 5) is 12.3. The molecule has 0 unspecified atom stereocenters. The van der Waals surface area contributed by atoms with Gasteiger partial charge in [0.15, 0.2) is 0 Å². The molecule has 2 nitrogen and oxygen atoms in total. The van der Waals surface area contributed by atoms with Gasteiger partial charge in [-0.15, -0.1) is 0 Å². The molecule has 3 rings (SSSR count). The molecule has 0 saturated heterocycles. The van der Waals surface area contributed by atoms with E-state index in [0.29, 0.717) is 16.6 Å². The highest BCUT2D eigenvalue weighted by molar-refractivity contribution is 5.65. The molecule has 0 spiro atoms. The molecule has 0 aliphatic rings. The third kappa shape index (κ3) is 2.01. The fourth-order valence-corrected chi connectivity index (χ4v) is 2.02. The van der Waals surface area contributed by atoms with Gasteiger partial charge < -0.3 is 0 Å². The van der Waals surface area contributed by atoms with Gasteiger partial charge in [-0.2, -0.15) is 0 Å². The second-order valence-corrected chi connectivity index (χ2v) is 4.20. The molecule has 0 bridgehead atoms. The van der Waals surface area contributed by atoms with Crippen LogP contribution in [0.3, 0.4) is 0 Å². The molecule has 4 heteroatoms. The lowest BCUT2D eigenvalue weighted by Gasteiger charge is -2.05. The summed E-state index contributed by atoms with van der Waals surface area (Å²) in [6.45, 7) is 0. The maximum absolute atomic E-state index is 13.2. The SMILES string of the molecule is O=c1c(-c2ccc(F)cc2)ccc2ccc(F)cn12. The summed E-state index contributed by atoms with van der Waals surface area (Å²) in [5.74, 6) is -0.846. The van der Waals surface area contributed by atoms with Crippen molar-refractivity contribution in [2.24, 2.45) is 0 Å². The van der Waals surface area contributed by atoms with Crippen LogP contribution in [0.1, 0.15) is 0 Å². The minimum absolute atomic E-state index is 0.330. The molecule has 0 radical (unpaired) electrons. The maximum atomic E-state index is 13.2. The van der Waals surface area contributed by atoms with Gasteiger partial charge >= 0.3 is 0 Å². The average Bonchev–Trinajstić information content (AvgIpc) is 2.41. The van der Waals surface area contributed by atoms with Gasteiger partial charge in [0.2, 0.25) is 0 Å². The van der Waals surface area contributed by atoms with Crippen LogP contribution in [0.4, 0.5) is 8.78 Å². The fourth-order valence-electron chi connectivity index (χ4n) is 2.02. The number of benzene rings is 1. The van der Waals surface area contributed by atoms with Gasteiger partial charge in [-0.05, 0) is 42.0 Å². The van der Waals surface area contributed by atoms with E-state index >= 15 is 0 Å². The Hall–Kier alpha value is -2.49. The predicted molar refractivity (Wildman–Crippen MR) is 69.0 cm³/mol. The third-order valence-electron chi connectivity index (χ3n) is 2.97. The standard InChI is InChI=1S/C15H9F2NO/c16-11-3-1-10(2-4-11)14-8-7-13-6-5-12(17)9-18(13)15(14)19/h1-9H. The maximum Gasteiger partial charge on any atom is 0.263 e. The molecular weight excluding hydrogens is 248 g/mol. The zero-order valence-electron chi connectivity index (χ0n) is 9.81. The Kier molecular flexibility index (Phi) is 2.63. The lowest BCUT2D eigenvalue weighted by molar-refractivity contribution is 0.618. The molecule has 0 amide bonds. The van der Waals surface area contributed by atoms with E-state index < -0.39 is 5.82 Å². The van der Waals surface area contributed by atoms with Crippen molar-refractivity contribution in [3.05, 3.63) is 76.7 Å². The number of fused-ring (bicyclic) bond motifs is 1. The Labute approximate surface area is 107 Å². The Balaban J connectivity index is 2.28. The first kappa shape index (κ1) is 11.6. The molecule has 0 saturated carbocycles. The second-order valence-electron chi connectivity index (χ2n) is 4.20. The van der Waals surface area contributed by atoms with E-state index in [1.54, 1.807) is 12.1 Å². The Bertz CT molecular complexity index is 806. The second kappa shape index (κ2) is 4.31. The average molecular weight is 257 g/mol. The van der Waals surface area contributed by atoms with Gasteiger partial charge in [0.05, 0.1) is 0 Å². The highest BCUT2D eigenvalue weighted by atomic mass is 19.1. The van der Waals surface area contributed by atoms with E-state index in [1.165, 1.54) is 40.8 Å². The van der Waals surface area contributed by atoms with Crippen LogP contribution >= 0.6 is 0 Å². The van der Waals surface area contributed by atoms with Gasteiger partial charge in [-0.3, -0.25) is 9.20 Å². The highest BCUT2D eigenvalue weighted by Gasteiger charge is 2.06. The number of hydrogen-bond donors (Lipinski definition) is 0. The topological polar surface area (TPSA) is 21.5 Å². The lowest BCUT2D eigenvalue weighted by atomic mass is 10.1. The fraction of sp³-hybridized carbons (Fsp3) is 0. The first-order chi connectivity index (χ1) is 9.15. The number of nitrogens with zero attached hydrogens (tertiary/aromatic N) is 1. The first-order valence-electron chi connectivity index (χ1n) is 5.72. The van der Waals surface area contributed by atoms with E-state index in [4.69, 9.17) is 0 Å². The van der Waals surface area contributed by atoms with Crippen molar-refractivity contribution in [3.63, 3.8) is 0 Å². The monoisotopic (exact) mass is 257 g/mol. The molecule has 0 N–H and O–H groups in total. The Morgan fingerprint density at radius 2 is 1.42 bits per heavy atom. The van der Waals surface area contributed by atoms with E-state index in [-0.39, 0.29) is 11.4 Å². The van der Waals surface area contributed by atoms with E-state index in [2.05, 4.69) is 0 Å². The summed E-state index contributed by atoms with van der Waals surface area (Å²) < 4.78 is 27.3. The number of hydrogen-bond acceptors (Lipinski definition) is 1. The van der Waals surface area contributed by atoms with Crippen molar-refractivity contribution < 1.29 is 8.78 Å². The van der Waals surface area contributed by atoms with Crippen LogP contribution in [-0.4, -0.2) is 4.40 Å². The Morgan fingerprint density at radius 1 is 0.789 bits per heavy atom. The molecule has 0 fully saturated rings. The van der Waals surface area contributed by atoms with Crippen LogP contribution in [0.25, 0.3) is 16.6 Å². The van der Waals surface area contributed by atoms with Crippen molar-refractivity contribution in [2.45, 2.75) is 0 Å². The number of rotatable bonds is 1. The van der Waals surface area contributed by atoms with Crippen molar-refractivity contribution in [1.82, 2.24) is 4.40 Å². The summed E-state index contributed by atoms with van der Waals surface area (Å²) >= 11 is 0. The molecule has 1 aromatic carbocycles. The van der Waals surface area contributed by atoms with Crippen LogP contribution < -0.4 is 5.56 Å². The molecule has 2 aromatic heterocycles. The van der Waals surface area contributed by atoms with Crippen LogP contribution in [0, 0.1) is 11.6 Å². The van der Waals surface area contributed by atoms with Crippen LogP contribution in [0.5, 0.6) is 0 Å². The van der Waals surface area contributed by atoms with Crippen LogP contribution in [0.15, 0.2) is 59.5 Å². The summed E-state index contributed by atoms with van der Waals surface area (Å²) in [6, 6.07) is 11.8. The summed E-state index contributed by atoms with van der Waals surface area (Å²) in [7, 11) is 0. The zero-order chi connectivity index (χ0) is 13.4. The quantitative estimate of drug-likeness (QED) is 0.655. The molecule has 2 heterocycles. The smallest absolute Gasteiger partial charge is 0.263 e. The largest absolute Gasteiger partial charge is 0.281 e. The molecular formula is C15H9F2NO. The van der Waals surface area contributed by atoms with Gasteiger partial charge in [0.1, 0.15) is 11.6 Å². The van der Waals surface area contributed by atoms with E-state index in [9.17, 15) is 13.6 Å². The minimum atomic E-state index is -0.481. The minimum Gasteiger partial charge on any atom is -0.281 e. The van der Waals surface area contributed by atoms with E-state index in [1.807, 2.05) is 0 Å². The van der Waals surface area contributed by atoms with Gasteiger partial charge in [0.25, 0.3) is 5.56 Å². The molecule has 0 aliphatic heterocycles.